The van der Waals surface area contributed by atoms with Crippen LogP contribution in [0.15, 0.2) is 28.2 Å². The molecule has 0 saturated carbocycles. The zero-order valence-electron chi connectivity index (χ0n) is 14.5. The second-order valence-electron chi connectivity index (χ2n) is 5.63. The molecule has 0 spiro atoms. The van der Waals surface area contributed by atoms with Crippen LogP contribution in [0, 0.1) is 6.92 Å². The van der Waals surface area contributed by atoms with Crippen molar-refractivity contribution in [2.24, 2.45) is 0 Å². The molecule has 0 unspecified atom stereocenters. The average Bonchev–Trinajstić information content (AvgIpc) is 3.11. The summed E-state index contributed by atoms with van der Waals surface area (Å²) in [7, 11) is 0. The van der Waals surface area contributed by atoms with Gasteiger partial charge in [0.25, 0.3) is 5.56 Å². The Labute approximate surface area is 154 Å². The predicted molar refractivity (Wildman–Crippen MR) is 95.6 cm³/mol. The molecule has 1 aliphatic heterocycles. The van der Waals surface area contributed by atoms with E-state index in [9.17, 15) is 9.59 Å². The molecular formula is C16H19N5O4S. The molecule has 1 aromatic carbocycles. The van der Waals surface area contributed by atoms with E-state index < -0.39 is 5.56 Å². The maximum atomic E-state index is 12.5. The molecule has 0 atom stereocenters. The molecule has 3 rings (SSSR count). The largest absolute Gasteiger partial charge is 0.454 e. The number of carbonyl (C=O) groups excluding carboxylic acids is 1. The third kappa shape index (κ3) is 3.74. The van der Waals surface area contributed by atoms with Crippen LogP contribution in [0.25, 0.3) is 0 Å². The molecule has 2 aromatic rings. The Kier molecular flexibility index (Phi) is 5.31. The number of hydrogen-bond donors (Lipinski definition) is 1. The molecule has 0 saturated heterocycles. The van der Waals surface area contributed by atoms with Crippen molar-refractivity contribution in [3.63, 3.8) is 0 Å². The number of aryl methyl sites for hydroxylation is 1. The quantitative estimate of drug-likeness (QED) is 0.573. The van der Waals surface area contributed by atoms with Crippen LogP contribution in [0.3, 0.4) is 0 Å². The van der Waals surface area contributed by atoms with Gasteiger partial charge in [-0.25, -0.2) is 0 Å². The van der Waals surface area contributed by atoms with Gasteiger partial charge in [0.05, 0.1) is 5.75 Å². The van der Waals surface area contributed by atoms with Crippen molar-refractivity contribution in [1.82, 2.24) is 19.8 Å². The van der Waals surface area contributed by atoms with Crippen LogP contribution in [-0.2, 0) is 11.3 Å². The first-order valence-corrected chi connectivity index (χ1v) is 8.98. The number of nitrogens with zero attached hydrogens (tertiary/aromatic N) is 4. The Morgan fingerprint density at radius 1 is 1.35 bits per heavy atom. The first-order valence-electron chi connectivity index (χ1n) is 8.00. The van der Waals surface area contributed by atoms with E-state index in [0.29, 0.717) is 24.6 Å². The predicted octanol–water partition coefficient (Wildman–Crippen LogP) is 0.530. The monoisotopic (exact) mass is 377 g/mol. The highest BCUT2D eigenvalue weighted by Gasteiger charge is 2.18. The highest BCUT2D eigenvalue weighted by Crippen LogP contribution is 2.32. The number of thioether (sulfide) groups is 1. The molecule has 2 N–H and O–H groups in total. The van der Waals surface area contributed by atoms with Crippen molar-refractivity contribution < 1.29 is 14.3 Å². The van der Waals surface area contributed by atoms with E-state index in [4.69, 9.17) is 15.3 Å². The van der Waals surface area contributed by atoms with Gasteiger partial charge in [-0.05, 0) is 31.5 Å². The maximum absolute atomic E-state index is 12.5. The van der Waals surface area contributed by atoms with Crippen LogP contribution < -0.4 is 20.9 Å². The molecule has 138 valence electrons. The van der Waals surface area contributed by atoms with Crippen LogP contribution in [0.1, 0.15) is 18.2 Å². The number of fused-ring (bicyclic) bond motifs is 1. The molecule has 9 nitrogen and oxygen atoms in total. The Morgan fingerprint density at radius 2 is 2.12 bits per heavy atom. The van der Waals surface area contributed by atoms with Gasteiger partial charge in [-0.15, -0.1) is 10.2 Å². The lowest BCUT2D eigenvalue weighted by Crippen LogP contribution is -2.34. The third-order valence-electron chi connectivity index (χ3n) is 3.89. The molecule has 0 fully saturated rings. The summed E-state index contributed by atoms with van der Waals surface area (Å²) in [5, 5.41) is 7.82. The Bertz CT molecular complexity index is 885. The van der Waals surface area contributed by atoms with Gasteiger partial charge in [0, 0.05) is 13.1 Å². The van der Waals surface area contributed by atoms with Crippen molar-refractivity contribution in [2.45, 2.75) is 25.5 Å². The molecular weight excluding hydrogens is 358 g/mol. The van der Waals surface area contributed by atoms with Gasteiger partial charge in [0.2, 0.25) is 17.9 Å². The lowest BCUT2D eigenvalue weighted by atomic mass is 10.2. The average molecular weight is 377 g/mol. The van der Waals surface area contributed by atoms with E-state index in [-0.39, 0.29) is 29.3 Å². The second kappa shape index (κ2) is 7.65. The maximum Gasteiger partial charge on any atom is 0.294 e. The van der Waals surface area contributed by atoms with Gasteiger partial charge >= 0.3 is 0 Å². The summed E-state index contributed by atoms with van der Waals surface area (Å²) in [6.45, 7) is 4.64. The summed E-state index contributed by atoms with van der Waals surface area (Å²) >= 11 is 1.08. The minimum atomic E-state index is -0.428. The number of benzene rings is 1. The molecule has 1 amide bonds. The molecule has 1 aromatic heterocycles. The van der Waals surface area contributed by atoms with Gasteiger partial charge < -0.3 is 20.2 Å². The number of nitrogen functional groups attached to an aromatic ring is 1. The minimum absolute atomic E-state index is 0.0926. The van der Waals surface area contributed by atoms with Crippen molar-refractivity contribution >= 4 is 17.7 Å². The summed E-state index contributed by atoms with van der Waals surface area (Å²) in [6.07, 6.45) is 0. The third-order valence-corrected chi connectivity index (χ3v) is 4.82. The van der Waals surface area contributed by atoms with Gasteiger partial charge in [-0.3, -0.25) is 9.59 Å². The molecule has 2 heterocycles. The zero-order valence-corrected chi connectivity index (χ0v) is 15.3. The highest BCUT2D eigenvalue weighted by atomic mass is 32.2. The van der Waals surface area contributed by atoms with E-state index in [1.165, 1.54) is 6.92 Å². The fourth-order valence-corrected chi connectivity index (χ4v) is 3.18. The first kappa shape index (κ1) is 18.1. The van der Waals surface area contributed by atoms with Crippen LogP contribution in [-0.4, -0.2) is 44.8 Å². The summed E-state index contributed by atoms with van der Waals surface area (Å²) < 4.78 is 11.6. The standard InChI is InChI=1S/C16H19N5O4S/c1-3-20(7-11-4-5-12-13(6-11)25-9-24-12)14(22)8-26-16-19-18-10(2)15(23)21(16)17/h4-6H,3,7-9,17H2,1-2H3. The number of amides is 1. The molecule has 0 aliphatic carbocycles. The van der Waals surface area contributed by atoms with Crippen molar-refractivity contribution in [3.8, 4) is 11.5 Å². The number of carbonyl (C=O) groups is 1. The van der Waals surface area contributed by atoms with Crippen LogP contribution >= 0.6 is 11.8 Å². The highest BCUT2D eigenvalue weighted by molar-refractivity contribution is 7.99. The molecule has 0 radical (unpaired) electrons. The summed E-state index contributed by atoms with van der Waals surface area (Å²) in [6, 6.07) is 5.60. The number of rotatable bonds is 6. The number of hydrogen-bond acceptors (Lipinski definition) is 8. The fourth-order valence-electron chi connectivity index (χ4n) is 2.42. The van der Waals surface area contributed by atoms with Gasteiger partial charge in [0.1, 0.15) is 5.69 Å². The van der Waals surface area contributed by atoms with E-state index >= 15 is 0 Å². The first-order chi connectivity index (χ1) is 12.5. The molecule has 0 bridgehead atoms. The van der Waals surface area contributed by atoms with Crippen molar-refractivity contribution in [2.75, 3.05) is 24.9 Å². The SMILES string of the molecule is CCN(Cc1ccc2c(c1)OCO2)C(=O)CSc1nnc(C)c(=O)n1N. The minimum Gasteiger partial charge on any atom is -0.454 e. The Hall–Kier alpha value is -2.75. The number of aromatic nitrogens is 3. The summed E-state index contributed by atoms with van der Waals surface area (Å²) in [4.78, 5) is 26.0. The second-order valence-corrected chi connectivity index (χ2v) is 6.57. The van der Waals surface area contributed by atoms with Gasteiger partial charge in [0.15, 0.2) is 11.5 Å². The number of nitrogens with two attached hydrogens (primary N) is 1. The molecule has 10 heteroatoms. The van der Waals surface area contributed by atoms with Crippen LogP contribution in [0.4, 0.5) is 0 Å². The van der Waals surface area contributed by atoms with Crippen molar-refractivity contribution in [3.05, 3.63) is 39.8 Å². The van der Waals surface area contributed by atoms with E-state index in [1.54, 1.807) is 4.90 Å². The number of ether oxygens (including phenoxy) is 2. The molecule has 26 heavy (non-hydrogen) atoms. The van der Waals surface area contributed by atoms with Crippen LogP contribution in [0.5, 0.6) is 11.5 Å². The van der Waals surface area contributed by atoms with Crippen LogP contribution in [0.2, 0.25) is 0 Å². The Balaban J connectivity index is 1.64. The summed E-state index contributed by atoms with van der Waals surface area (Å²) in [5.74, 6) is 7.08. The Morgan fingerprint density at radius 3 is 2.88 bits per heavy atom. The zero-order chi connectivity index (χ0) is 18.7. The van der Waals surface area contributed by atoms with Crippen molar-refractivity contribution in [1.29, 1.82) is 0 Å². The lowest BCUT2D eigenvalue weighted by Gasteiger charge is -2.21. The smallest absolute Gasteiger partial charge is 0.294 e. The van der Waals surface area contributed by atoms with E-state index in [1.807, 2.05) is 25.1 Å². The summed E-state index contributed by atoms with van der Waals surface area (Å²) in [5.41, 5.74) is 0.726. The fraction of sp³-hybridized carbons (Fsp3) is 0.375. The van der Waals surface area contributed by atoms with Gasteiger partial charge in [-0.2, -0.15) is 4.68 Å². The van der Waals surface area contributed by atoms with Gasteiger partial charge in [-0.1, -0.05) is 17.8 Å². The topological polar surface area (TPSA) is 113 Å². The van der Waals surface area contributed by atoms with E-state index in [2.05, 4.69) is 10.2 Å². The normalized spacial score (nSPS) is 12.2. The van der Waals surface area contributed by atoms with E-state index in [0.717, 1.165) is 22.0 Å². The lowest BCUT2D eigenvalue weighted by molar-refractivity contribution is -0.128. The molecule has 1 aliphatic rings.